The molecule has 1 N–H and O–H groups in total. The number of para-hydroxylation sites is 1. The van der Waals surface area contributed by atoms with Crippen molar-refractivity contribution in [2.75, 3.05) is 39.3 Å². The van der Waals surface area contributed by atoms with Crippen LogP contribution in [0.4, 0.5) is 4.39 Å². The summed E-state index contributed by atoms with van der Waals surface area (Å²) >= 11 is 0. The molecule has 1 saturated heterocycles. The fourth-order valence-corrected chi connectivity index (χ4v) is 4.11. The number of piperazine rings is 1. The van der Waals surface area contributed by atoms with E-state index < -0.39 is 0 Å². The standard InChI is InChI=1S/C24H30FN5O/c1-2-12-30-22-6-4-3-5-21(22)23(27-30)24(31)26-11-13-28-14-16-29(17-15-28)18-19-7-9-20(25)10-8-19/h3-10H,2,11-18H2,1H3,(H,26,31). The van der Waals surface area contributed by atoms with Crippen LogP contribution >= 0.6 is 0 Å². The summed E-state index contributed by atoms with van der Waals surface area (Å²) in [6, 6.07) is 14.6. The number of carbonyl (C=O) groups is 1. The molecule has 0 bridgehead atoms. The summed E-state index contributed by atoms with van der Waals surface area (Å²) in [7, 11) is 0. The first-order chi connectivity index (χ1) is 15.1. The molecule has 7 heteroatoms. The third kappa shape index (κ3) is 5.29. The molecule has 0 atom stereocenters. The van der Waals surface area contributed by atoms with Crippen molar-refractivity contribution in [3.05, 3.63) is 65.6 Å². The molecule has 0 aliphatic carbocycles. The largest absolute Gasteiger partial charge is 0.349 e. The van der Waals surface area contributed by atoms with E-state index in [4.69, 9.17) is 0 Å². The number of aromatic nitrogens is 2. The summed E-state index contributed by atoms with van der Waals surface area (Å²) in [6.45, 7) is 9.05. The zero-order valence-electron chi connectivity index (χ0n) is 18.1. The number of aryl methyl sites for hydroxylation is 1. The Kier molecular flexibility index (Phi) is 6.94. The molecule has 1 aliphatic rings. The fourth-order valence-electron chi connectivity index (χ4n) is 4.11. The van der Waals surface area contributed by atoms with E-state index in [1.165, 1.54) is 12.1 Å². The quantitative estimate of drug-likeness (QED) is 0.605. The highest BCUT2D eigenvalue weighted by molar-refractivity contribution is 6.04. The van der Waals surface area contributed by atoms with Crippen LogP contribution in [0.2, 0.25) is 0 Å². The zero-order valence-corrected chi connectivity index (χ0v) is 18.1. The van der Waals surface area contributed by atoms with Crippen molar-refractivity contribution in [1.29, 1.82) is 0 Å². The first kappa shape index (κ1) is 21.5. The predicted octanol–water partition coefficient (Wildman–Crippen LogP) is 3.13. The van der Waals surface area contributed by atoms with E-state index in [1.54, 1.807) is 0 Å². The van der Waals surface area contributed by atoms with Crippen LogP contribution in [0.5, 0.6) is 0 Å². The van der Waals surface area contributed by atoms with E-state index in [0.29, 0.717) is 12.2 Å². The molecule has 1 aromatic heterocycles. The van der Waals surface area contributed by atoms with Crippen LogP contribution in [0, 0.1) is 5.82 Å². The van der Waals surface area contributed by atoms with Gasteiger partial charge in [0.2, 0.25) is 0 Å². The number of amides is 1. The van der Waals surface area contributed by atoms with E-state index in [1.807, 2.05) is 41.1 Å². The van der Waals surface area contributed by atoms with Gasteiger partial charge in [-0.3, -0.25) is 19.3 Å². The summed E-state index contributed by atoms with van der Waals surface area (Å²) in [5.41, 5.74) is 2.65. The topological polar surface area (TPSA) is 53.4 Å². The lowest BCUT2D eigenvalue weighted by Crippen LogP contribution is -2.48. The van der Waals surface area contributed by atoms with Gasteiger partial charge in [0.15, 0.2) is 5.69 Å². The zero-order chi connectivity index (χ0) is 21.6. The van der Waals surface area contributed by atoms with Crippen LogP contribution in [-0.4, -0.2) is 64.8 Å². The van der Waals surface area contributed by atoms with Crippen LogP contribution in [-0.2, 0) is 13.1 Å². The van der Waals surface area contributed by atoms with Gasteiger partial charge in [-0.25, -0.2) is 4.39 Å². The Morgan fingerprint density at radius 3 is 2.45 bits per heavy atom. The first-order valence-electron chi connectivity index (χ1n) is 11.1. The van der Waals surface area contributed by atoms with Gasteiger partial charge in [-0.05, 0) is 30.2 Å². The number of hydrogen-bond donors (Lipinski definition) is 1. The van der Waals surface area contributed by atoms with Crippen molar-refractivity contribution in [2.24, 2.45) is 0 Å². The minimum absolute atomic E-state index is 0.110. The van der Waals surface area contributed by atoms with E-state index in [2.05, 4.69) is 27.1 Å². The smallest absolute Gasteiger partial charge is 0.272 e. The minimum atomic E-state index is -0.194. The van der Waals surface area contributed by atoms with Crippen molar-refractivity contribution in [3.8, 4) is 0 Å². The first-order valence-corrected chi connectivity index (χ1v) is 11.1. The third-order valence-electron chi connectivity index (χ3n) is 5.81. The van der Waals surface area contributed by atoms with Gasteiger partial charge < -0.3 is 5.32 Å². The van der Waals surface area contributed by atoms with E-state index in [9.17, 15) is 9.18 Å². The normalized spacial score (nSPS) is 15.4. The molecule has 6 nitrogen and oxygen atoms in total. The molecule has 0 unspecified atom stereocenters. The van der Waals surface area contributed by atoms with E-state index in [0.717, 1.165) is 68.7 Å². The SMILES string of the molecule is CCCn1nc(C(=O)NCCN2CCN(Cc3ccc(F)cc3)CC2)c2ccccc21. The highest BCUT2D eigenvalue weighted by atomic mass is 19.1. The minimum Gasteiger partial charge on any atom is -0.349 e. The van der Waals surface area contributed by atoms with E-state index >= 15 is 0 Å². The molecule has 3 aromatic rings. The Hall–Kier alpha value is -2.77. The van der Waals surface area contributed by atoms with Crippen LogP contribution < -0.4 is 5.32 Å². The summed E-state index contributed by atoms with van der Waals surface area (Å²) in [6.07, 6.45) is 0.972. The van der Waals surface area contributed by atoms with Crippen LogP contribution in [0.3, 0.4) is 0 Å². The summed E-state index contributed by atoms with van der Waals surface area (Å²) < 4.78 is 15.0. The highest BCUT2D eigenvalue weighted by Gasteiger charge is 2.19. The van der Waals surface area contributed by atoms with Gasteiger partial charge >= 0.3 is 0 Å². The van der Waals surface area contributed by atoms with Crippen molar-refractivity contribution in [1.82, 2.24) is 24.9 Å². The van der Waals surface area contributed by atoms with Crippen LogP contribution in [0.1, 0.15) is 29.4 Å². The van der Waals surface area contributed by atoms with Gasteiger partial charge in [0.1, 0.15) is 5.82 Å². The number of fused-ring (bicyclic) bond motifs is 1. The maximum Gasteiger partial charge on any atom is 0.272 e. The highest BCUT2D eigenvalue weighted by Crippen LogP contribution is 2.18. The molecule has 0 radical (unpaired) electrons. The number of halogens is 1. The molecule has 4 rings (SSSR count). The number of benzene rings is 2. The lowest BCUT2D eigenvalue weighted by molar-refractivity contribution is 0.0930. The van der Waals surface area contributed by atoms with Gasteiger partial charge in [0.05, 0.1) is 5.52 Å². The Morgan fingerprint density at radius 1 is 1.00 bits per heavy atom. The van der Waals surface area contributed by atoms with Gasteiger partial charge in [-0.1, -0.05) is 37.3 Å². The second-order valence-electron chi connectivity index (χ2n) is 8.09. The number of hydrogen-bond acceptors (Lipinski definition) is 4. The number of carbonyl (C=O) groups excluding carboxylic acids is 1. The number of nitrogens with zero attached hydrogens (tertiary/aromatic N) is 4. The molecule has 0 spiro atoms. The predicted molar refractivity (Wildman–Crippen MR) is 120 cm³/mol. The Labute approximate surface area is 182 Å². The Balaban J connectivity index is 1.24. The number of rotatable bonds is 8. The molecule has 1 aliphatic heterocycles. The molecule has 0 saturated carbocycles. The van der Waals surface area contributed by atoms with Gasteiger partial charge in [0.25, 0.3) is 5.91 Å². The van der Waals surface area contributed by atoms with Crippen molar-refractivity contribution in [3.63, 3.8) is 0 Å². The second-order valence-corrected chi connectivity index (χ2v) is 8.09. The van der Waals surface area contributed by atoms with Gasteiger partial charge in [0, 0.05) is 57.7 Å². The lowest BCUT2D eigenvalue weighted by Gasteiger charge is -2.34. The molecule has 2 heterocycles. The lowest BCUT2D eigenvalue weighted by atomic mass is 10.2. The van der Waals surface area contributed by atoms with Crippen LogP contribution in [0.15, 0.2) is 48.5 Å². The van der Waals surface area contributed by atoms with Crippen molar-refractivity contribution < 1.29 is 9.18 Å². The molecule has 31 heavy (non-hydrogen) atoms. The van der Waals surface area contributed by atoms with Gasteiger partial charge in [-0.15, -0.1) is 0 Å². The van der Waals surface area contributed by atoms with E-state index in [-0.39, 0.29) is 11.7 Å². The molecule has 1 fully saturated rings. The molecule has 1 amide bonds. The van der Waals surface area contributed by atoms with Crippen LogP contribution in [0.25, 0.3) is 10.9 Å². The number of nitrogens with one attached hydrogen (secondary N) is 1. The molecular weight excluding hydrogens is 393 g/mol. The molecular formula is C24H30FN5O. The average Bonchev–Trinajstić information content (AvgIpc) is 3.16. The fraction of sp³-hybridized carbons (Fsp3) is 0.417. The summed E-state index contributed by atoms with van der Waals surface area (Å²) in [5, 5.41) is 8.51. The maximum absolute atomic E-state index is 13.1. The maximum atomic E-state index is 13.1. The third-order valence-corrected chi connectivity index (χ3v) is 5.81. The molecule has 164 valence electrons. The monoisotopic (exact) mass is 423 g/mol. The van der Waals surface area contributed by atoms with Gasteiger partial charge in [-0.2, -0.15) is 5.10 Å². The second kappa shape index (κ2) is 10.0. The Bertz CT molecular complexity index is 1010. The molecule has 2 aromatic carbocycles. The Morgan fingerprint density at radius 2 is 1.71 bits per heavy atom. The summed E-state index contributed by atoms with van der Waals surface area (Å²) in [5.74, 6) is -0.304. The van der Waals surface area contributed by atoms with Crippen molar-refractivity contribution >= 4 is 16.8 Å². The summed E-state index contributed by atoms with van der Waals surface area (Å²) in [4.78, 5) is 17.5. The van der Waals surface area contributed by atoms with Crippen molar-refractivity contribution in [2.45, 2.75) is 26.4 Å². The average molecular weight is 424 g/mol.